The number of carbonyl (C=O) groups is 2. The number of nitrogens with zero attached hydrogens (tertiary/aromatic N) is 2. The second-order valence-corrected chi connectivity index (χ2v) is 11.0. The van der Waals surface area contributed by atoms with E-state index in [1.165, 1.54) is 5.56 Å². The van der Waals surface area contributed by atoms with Gasteiger partial charge in [0.25, 0.3) is 0 Å². The Hall–Kier alpha value is -2.90. The molecule has 35 heavy (non-hydrogen) atoms. The Kier molecular flexibility index (Phi) is 5.38. The summed E-state index contributed by atoms with van der Waals surface area (Å²) in [6.45, 7) is 8.43. The van der Waals surface area contributed by atoms with Crippen molar-refractivity contribution in [1.82, 2.24) is 4.90 Å². The van der Waals surface area contributed by atoms with Crippen molar-refractivity contribution < 1.29 is 19.1 Å². The number of para-hydroxylation sites is 2. The van der Waals surface area contributed by atoms with E-state index in [-0.39, 0.29) is 42.1 Å². The first-order chi connectivity index (χ1) is 16.8. The zero-order valence-corrected chi connectivity index (χ0v) is 20.6. The lowest BCUT2D eigenvalue weighted by Crippen LogP contribution is -2.56. The Bertz CT molecular complexity index is 1180. The van der Waals surface area contributed by atoms with Crippen LogP contribution in [0.15, 0.2) is 42.5 Å². The maximum atomic E-state index is 13.3. The molecule has 0 radical (unpaired) electrons. The van der Waals surface area contributed by atoms with Gasteiger partial charge in [0.05, 0.1) is 30.1 Å². The van der Waals surface area contributed by atoms with Gasteiger partial charge in [-0.1, -0.05) is 24.3 Å². The number of aryl methyl sites for hydroxylation is 1. The molecule has 6 rings (SSSR count). The average molecular weight is 476 g/mol. The molecule has 2 aromatic rings. The number of nitrogens with one attached hydrogen (secondary N) is 1. The van der Waals surface area contributed by atoms with Crippen molar-refractivity contribution in [3.05, 3.63) is 53.6 Å². The van der Waals surface area contributed by atoms with Crippen LogP contribution in [-0.2, 0) is 14.3 Å². The van der Waals surface area contributed by atoms with Crippen LogP contribution in [0.2, 0.25) is 0 Å². The summed E-state index contributed by atoms with van der Waals surface area (Å²) in [7, 11) is 0. The van der Waals surface area contributed by atoms with E-state index in [4.69, 9.17) is 9.47 Å². The number of piperidine rings is 1. The third kappa shape index (κ3) is 4.00. The van der Waals surface area contributed by atoms with E-state index in [0.717, 1.165) is 42.9 Å². The number of rotatable bonds is 2. The van der Waals surface area contributed by atoms with Gasteiger partial charge in [-0.15, -0.1) is 0 Å². The van der Waals surface area contributed by atoms with Crippen LogP contribution >= 0.6 is 0 Å². The minimum absolute atomic E-state index is 0.0361. The van der Waals surface area contributed by atoms with E-state index in [9.17, 15) is 9.59 Å². The molecule has 2 amide bonds. The number of hydrogen-bond acceptors (Lipinski definition) is 5. The van der Waals surface area contributed by atoms with Crippen LogP contribution in [0.1, 0.15) is 43.9 Å². The number of ether oxygens (including phenoxy) is 2. The number of benzene rings is 2. The summed E-state index contributed by atoms with van der Waals surface area (Å²) < 4.78 is 13.2. The molecule has 7 nitrogen and oxygen atoms in total. The molecule has 2 aromatic carbocycles. The van der Waals surface area contributed by atoms with Crippen molar-refractivity contribution in [3.8, 4) is 5.75 Å². The molecule has 0 spiro atoms. The van der Waals surface area contributed by atoms with Crippen molar-refractivity contribution in [2.24, 2.45) is 11.8 Å². The normalized spacial score (nSPS) is 29.1. The Balaban J connectivity index is 1.17. The highest BCUT2D eigenvalue weighted by Gasteiger charge is 2.51. The standard InChI is InChI=1S/C28H33N3O4/c1-17-8-9-19-24(12-17)35-28(2,3)20-13-18-14-30(11-10-23(18)34-27(19)20)16-26(33)31-15-25(32)29-21-6-4-5-7-22(21)31/h4-9,12,18,20,23,27H,10-11,13-16H2,1-3H3,(H,29,32)/t18-,20+,23+,27-/m0/s1. The van der Waals surface area contributed by atoms with Crippen LogP contribution in [0, 0.1) is 18.8 Å². The Morgan fingerprint density at radius 3 is 2.89 bits per heavy atom. The average Bonchev–Trinajstić information content (AvgIpc) is 2.82. The first kappa shape index (κ1) is 22.6. The summed E-state index contributed by atoms with van der Waals surface area (Å²) in [6.07, 6.45) is 2.15. The van der Waals surface area contributed by atoms with E-state index in [2.05, 4.69) is 49.2 Å². The molecule has 4 aliphatic rings. The second-order valence-electron chi connectivity index (χ2n) is 11.0. The number of likely N-dealkylation sites (tertiary alicyclic amines) is 1. The van der Waals surface area contributed by atoms with Gasteiger partial charge >= 0.3 is 0 Å². The third-order valence-corrected chi connectivity index (χ3v) is 8.16. The van der Waals surface area contributed by atoms with Crippen molar-refractivity contribution in [2.45, 2.75) is 51.4 Å². The molecule has 4 aliphatic heterocycles. The maximum Gasteiger partial charge on any atom is 0.244 e. The monoisotopic (exact) mass is 475 g/mol. The molecule has 0 saturated carbocycles. The molecular formula is C28H33N3O4. The van der Waals surface area contributed by atoms with Gasteiger partial charge in [0, 0.05) is 24.6 Å². The quantitative estimate of drug-likeness (QED) is 0.713. The highest BCUT2D eigenvalue weighted by molar-refractivity contribution is 6.10. The van der Waals surface area contributed by atoms with Gasteiger partial charge in [-0.3, -0.25) is 19.4 Å². The van der Waals surface area contributed by atoms with Gasteiger partial charge in [-0.05, 0) is 63.3 Å². The van der Waals surface area contributed by atoms with Crippen molar-refractivity contribution in [3.63, 3.8) is 0 Å². The molecule has 4 heterocycles. The number of anilines is 2. The molecule has 0 aliphatic carbocycles. The molecular weight excluding hydrogens is 442 g/mol. The summed E-state index contributed by atoms with van der Waals surface area (Å²) >= 11 is 0. The molecule has 0 unspecified atom stereocenters. The van der Waals surface area contributed by atoms with E-state index in [1.54, 1.807) is 4.90 Å². The van der Waals surface area contributed by atoms with Gasteiger partial charge < -0.3 is 14.8 Å². The summed E-state index contributed by atoms with van der Waals surface area (Å²) in [5.74, 6) is 1.36. The Labute approximate surface area is 206 Å². The minimum Gasteiger partial charge on any atom is -0.487 e. The lowest BCUT2D eigenvalue weighted by atomic mass is 9.70. The van der Waals surface area contributed by atoms with Crippen LogP contribution in [-0.4, -0.2) is 54.6 Å². The van der Waals surface area contributed by atoms with Gasteiger partial charge in [0.2, 0.25) is 11.8 Å². The lowest BCUT2D eigenvalue weighted by molar-refractivity contribution is -0.187. The number of fused-ring (bicyclic) bond motifs is 5. The minimum atomic E-state index is -0.320. The van der Waals surface area contributed by atoms with Crippen molar-refractivity contribution >= 4 is 23.2 Å². The summed E-state index contributed by atoms with van der Waals surface area (Å²) in [5, 5.41) is 2.85. The zero-order valence-electron chi connectivity index (χ0n) is 20.6. The number of amides is 2. The summed E-state index contributed by atoms with van der Waals surface area (Å²) in [6, 6.07) is 13.9. The van der Waals surface area contributed by atoms with E-state index >= 15 is 0 Å². The molecule has 4 atom stereocenters. The van der Waals surface area contributed by atoms with Crippen LogP contribution in [0.3, 0.4) is 0 Å². The molecule has 2 saturated heterocycles. The van der Waals surface area contributed by atoms with E-state index in [1.807, 2.05) is 24.3 Å². The largest absolute Gasteiger partial charge is 0.487 e. The summed E-state index contributed by atoms with van der Waals surface area (Å²) in [5.41, 5.74) is 3.50. The Morgan fingerprint density at radius 2 is 2.03 bits per heavy atom. The number of carbonyl (C=O) groups excluding carboxylic acids is 2. The first-order valence-corrected chi connectivity index (χ1v) is 12.6. The van der Waals surface area contributed by atoms with Gasteiger partial charge in [0.15, 0.2) is 0 Å². The fraction of sp³-hybridized carbons (Fsp3) is 0.500. The zero-order chi connectivity index (χ0) is 24.3. The smallest absolute Gasteiger partial charge is 0.244 e. The SMILES string of the molecule is Cc1ccc2c(c1)OC(C)(C)[C@@H]1C[C@H]3CN(CC(=O)N4CC(=O)Nc5ccccc54)CC[C@H]3O[C@@H]21. The fourth-order valence-electron chi connectivity index (χ4n) is 6.36. The van der Waals surface area contributed by atoms with Gasteiger partial charge in [-0.2, -0.15) is 0 Å². The van der Waals surface area contributed by atoms with E-state index in [0.29, 0.717) is 18.2 Å². The number of hydrogen-bond donors (Lipinski definition) is 1. The molecule has 7 heteroatoms. The van der Waals surface area contributed by atoms with Crippen LogP contribution < -0.4 is 15.0 Å². The van der Waals surface area contributed by atoms with E-state index < -0.39 is 0 Å². The van der Waals surface area contributed by atoms with Crippen molar-refractivity contribution in [1.29, 1.82) is 0 Å². The van der Waals surface area contributed by atoms with Crippen LogP contribution in [0.25, 0.3) is 0 Å². The predicted molar refractivity (Wildman–Crippen MR) is 134 cm³/mol. The van der Waals surface area contributed by atoms with Gasteiger partial charge in [0.1, 0.15) is 17.9 Å². The third-order valence-electron chi connectivity index (χ3n) is 8.16. The maximum absolute atomic E-state index is 13.3. The highest BCUT2D eigenvalue weighted by atomic mass is 16.5. The second kappa shape index (κ2) is 8.35. The summed E-state index contributed by atoms with van der Waals surface area (Å²) in [4.78, 5) is 29.3. The fourth-order valence-corrected chi connectivity index (χ4v) is 6.36. The molecule has 0 aromatic heterocycles. The highest BCUT2D eigenvalue weighted by Crippen LogP contribution is 2.53. The Morgan fingerprint density at radius 1 is 1.20 bits per heavy atom. The first-order valence-electron chi connectivity index (χ1n) is 12.6. The topological polar surface area (TPSA) is 71.1 Å². The lowest BCUT2D eigenvalue weighted by Gasteiger charge is -2.53. The molecule has 0 bridgehead atoms. The molecule has 2 fully saturated rings. The van der Waals surface area contributed by atoms with Crippen LogP contribution in [0.4, 0.5) is 11.4 Å². The molecule has 184 valence electrons. The van der Waals surface area contributed by atoms with Crippen molar-refractivity contribution in [2.75, 3.05) is 36.4 Å². The predicted octanol–water partition coefficient (Wildman–Crippen LogP) is 3.92. The molecule has 1 N–H and O–H groups in total. The van der Waals surface area contributed by atoms with Gasteiger partial charge in [-0.25, -0.2) is 0 Å². The van der Waals surface area contributed by atoms with Crippen LogP contribution in [0.5, 0.6) is 5.75 Å².